The topological polar surface area (TPSA) is 30.5 Å². The Morgan fingerprint density at radius 1 is 1.45 bits per heavy atom. The summed E-state index contributed by atoms with van der Waals surface area (Å²) >= 11 is 1.96. The molecule has 1 aliphatic rings. The predicted molar refractivity (Wildman–Crippen MR) is 84.4 cm³/mol. The van der Waals surface area contributed by atoms with Crippen LogP contribution in [0.2, 0.25) is 0 Å². The maximum atomic E-state index is 5.63. The van der Waals surface area contributed by atoms with E-state index in [-0.39, 0.29) is 0 Å². The van der Waals surface area contributed by atoms with Gasteiger partial charge >= 0.3 is 0 Å². The summed E-state index contributed by atoms with van der Waals surface area (Å²) < 4.78 is 10.7. The Morgan fingerprint density at radius 2 is 2.30 bits per heavy atom. The Morgan fingerprint density at radius 3 is 2.95 bits per heavy atom. The Hall–Kier alpha value is -0.550. The van der Waals surface area contributed by atoms with Gasteiger partial charge in [0.1, 0.15) is 0 Å². The second-order valence-electron chi connectivity index (χ2n) is 5.29. The summed E-state index contributed by atoms with van der Waals surface area (Å²) in [6.45, 7) is 7.82. The van der Waals surface area contributed by atoms with Gasteiger partial charge in [0, 0.05) is 37.0 Å². The molecule has 4 heteroatoms. The monoisotopic (exact) mass is 295 g/mol. The van der Waals surface area contributed by atoms with Crippen LogP contribution in [0.15, 0.2) is 23.1 Å². The van der Waals surface area contributed by atoms with E-state index >= 15 is 0 Å². The van der Waals surface area contributed by atoms with E-state index in [0.29, 0.717) is 11.4 Å². The number of rotatable bonds is 7. The summed E-state index contributed by atoms with van der Waals surface area (Å²) in [6, 6.07) is 6.75. The summed E-state index contributed by atoms with van der Waals surface area (Å²) in [6.07, 6.45) is 1.53. The van der Waals surface area contributed by atoms with Gasteiger partial charge in [0.15, 0.2) is 0 Å². The third-order valence-electron chi connectivity index (χ3n) is 3.64. The summed E-state index contributed by atoms with van der Waals surface area (Å²) in [7, 11) is 1.73. The van der Waals surface area contributed by atoms with Crippen LogP contribution in [0.25, 0.3) is 0 Å². The lowest BCUT2D eigenvalue weighted by molar-refractivity contribution is 0.127. The number of ether oxygens (including phenoxy) is 2. The molecule has 0 amide bonds. The fraction of sp³-hybridized carbons (Fsp3) is 0.625. The number of thioether (sulfide) groups is 1. The van der Waals surface area contributed by atoms with Gasteiger partial charge in [-0.2, -0.15) is 0 Å². The first kappa shape index (κ1) is 15.8. The van der Waals surface area contributed by atoms with Gasteiger partial charge in [-0.15, -0.1) is 11.8 Å². The van der Waals surface area contributed by atoms with Gasteiger partial charge in [-0.05, 0) is 37.5 Å². The van der Waals surface area contributed by atoms with Crippen molar-refractivity contribution >= 4 is 11.8 Å². The van der Waals surface area contributed by atoms with E-state index in [9.17, 15) is 0 Å². The van der Waals surface area contributed by atoms with Crippen LogP contribution in [-0.2, 0) is 16.0 Å². The van der Waals surface area contributed by atoms with Crippen molar-refractivity contribution in [1.82, 2.24) is 5.32 Å². The summed E-state index contributed by atoms with van der Waals surface area (Å²) in [5.41, 5.74) is 2.69. The fourth-order valence-corrected chi connectivity index (χ4v) is 3.59. The molecule has 1 N–H and O–H groups in total. The number of methoxy groups -OCH3 is 1. The first-order valence-electron chi connectivity index (χ1n) is 7.28. The lowest BCUT2D eigenvalue weighted by Gasteiger charge is -2.16. The van der Waals surface area contributed by atoms with Crippen molar-refractivity contribution in [2.24, 2.45) is 0 Å². The van der Waals surface area contributed by atoms with Gasteiger partial charge in [-0.1, -0.05) is 12.1 Å². The second-order valence-corrected chi connectivity index (χ2v) is 6.57. The van der Waals surface area contributed by atoms with Crippen LogP contribution in [0.5, 0.6) is 0 Å². The molecule has 1 saturated heterocycles. The van der Waals surface area contributed by atoms with Gasteiger partial charge in [0.2, 0.25) is 0 Å². The molecule has 0 aliphatic carbocycles. The lowest BCUT2D eigenvalue weighted by Crippen LogP contribution is -2.18. The van der Waals surface area contributed by atoms with Crippen LogP contribution in [0.3, 0.4) is 0 Å². The molecule has 0 saturated carbocycles. The first-order chi connectivity index (χ1) is 9.70. The maximum absolute atomic E-state index is 5.63. The Balaban J connectivity index is 1.88. The average Bonchev–Trinajstić information content (AvgIpc) is 2.83. The standard InChI is InChI=1S/C16H25NO2S/c1-12-10-14(11-17-7-9-18-3)4-5-15(12)20-16-6-8-19-13(16)2/h4-5,10,13,16-17H,6-9,11H2,1-3H3. The second kappa shape index (κ2) is 8.03. The fourth-order valence-electron chi connectivity index (χ4n) is 2.39. The van der Waals surface area contributed by atoms with E-state index in [0.717, 1.165) is 32.7 Å². The van der Waals surface area contributed by atoms with Crippen molar-refractivity contribution in [3.63, 3.8) is 0 Å². The molecule has 2 unspecified atom stereocenters. The van der Waals surface area contributed by atoms with Crippen LogP contribution in [0.4, 0.5) is 0 Å². The van der Waals surface area contributed by atoms with Gasteiger partial charge in [-0.25, -0.2) is 0 Å². The van der Waals surface area contributed by atoms with Crippen molar-refractivity contribution < 1.29 is 9.47 Å². The molecule has 1 aromatic carbocycles. The lowest BCUT2D eigenvalue weighted by atomic mass is 10.1. The number of nitrogens with one attached hydrogen (secondary N) is 1. The molecule has 1 aliphatic heterocycles. The molecular weight excluding hydrogens is 270 g/mol. The van der Waals surface area contributed by atoms with E-state index in [1.165, 1.54) is 16.0 Å². The van der Waals surface area contributed by atoms with Gasteiger partial charge in [-0.3, -0.25) is 0 Å². The predicted octanol–water partition coefficient (Wildman–Crippen LogP) is 3.00. The van der Waals surface area contributed by atoms with E-state index in [4.69, 9.17) is 9.47 Å². The molecule has 20 heavy (non-hydrogen) atoms. The van der Waals surface area contributed by atoms with Crippen molar-refractivity contribution in [3.8, 4) is 0 Å². The highest BCUT2D eigenvalue weighted by Crippen LogP contribution is 2.34. The van der Waals surface area contributed by atoms with Crippen molar-refractivity contribution in [2.45, 2.75) is 43.1 Å². The number of aryl methyl sites for hydroxylation is 1. The normalized spacial score (nSPS) is 22.4. The maximum Gasteiger partial charge on any atom is 0.0669 e. The van der Waals surface area contributed by atoms with Crippen molar-refractivity contribution in [1.29, 1.82) is 0 Å². The zero-order valence-electron chi connectivity index (χ0n) is 12.6. The number of hydrogen-bond acceptors (Lipinski definition) is 4. The van der Waals surface area contributed by atoms with Crippen molar-refractivity contribution in [2.75, 3.05) is 26.9 Å². The molecule has 112 valence electrons. The molecule has 0 radical (unpaired) electrons. The number of hydrogen-bond donors (Lipinski definition) is 1. The van der Waals surface area contributed by atoms with Crippen LogP contribution in [0.1, 0.15) is 24.5 Å². The third-order valence-corrected chi connectivity index (χ3v) is 5.27. The molecule has 3 nitrogen and oxygen atoms in total. The molecule has 0 aromatic heterocycles. The molecule has 1 aromatic rings. The molecule has 0 bridgehead atoms. The highest BCUT2D eigenvalue weighted by molar-refractivity contribution is 8.00. The van der Waals surface area contributed by atoms with Crippen LogP contribution in [-0.4, -0.2) is 38.2 Å². The van der Waals surface area contributed by atoms with Crippen LogP contribution >= 0.6 is 11.8 Å². The Kier molecular flexibility index (Phi) is 6.36. The molecule has 2 rings (SSSR count). The molecule has 1 fully saturated rings. The van der Waals surface area contributed by atoms with E-state index < -0.39 is 0 Å². The third kappa shape index (κ3) is 4.48. The molecule has 2 atom stereocenters. The van der Waals surface area contributed by atoms with Gasteiger partial charge < -0.3 is 14.8 Å². The zero-order valence-corrected chi connectivity index (χ0v) is 13.5. The van der Waals surface area contributed by atoms with Crippen molar-refractivity contribution in [3.05, 3.63) is 29.3 Å². The SMILES string of the molecule is COCCNCc1ccc(SC2CCOC2C)c(C)c1. The van der Waals surface area contributed by atoms with E-state index in [1.54, 1.807) is 7.11 Å². The summed E-state index contributed by atoms with van der Waals surface area (Å²) in [4.78, 5) is 1.38. The minimum Gasteiger partial charge on any atom is -0.383 e. The van der Waals surface area contributed by atoms with Crippen LogP contribution in [0, 0.1) is 6.92 Å². The highest BCUT2D eigenvalue weighted by Gasteiger charge is 2.25. The molecule has 0 spiro atoms. The Bertz CT molecular complexity index is 425. The van der Waals surface area contributed by atoms with Crippen LogP contribution < -0.4 is 5.32 Å². The minimum atomic E-state index is 0.370. The zero-order chi connectivity index (χ0) is 14.4. The minimum absolute atomic E-state index is 0.370. The molecule has 1 heterocycles. The summed E-state index contributed by atoms with van der Waals surface area (Å²) in [5, 5.41) is 3.97. The quantitative estimate of drug-likeness (QED) is 0.783. The summed E-state index contributed by atoms with van der Waals surface area (Å²) in [5.74, 6) is 0. The average molecular weight is 295 g/mol. The Labute approximate surface area is 126 Å². The van der Waals surface area contributed by atoms with E-state index in [2.05, 4.69) is 37.4 Å². The van der Waals surface area contributed by atoms with E-state index in [1.807, 2.05) is 11.8 Å². The molecular formula is C16H25NO2S. The van der Waals surface area contributed by atoms with Gasteiger partial charge in [0.05, 0.1) is 12.7 Å². The van der Waals surface area contributed by atoms with Gasteiger partial charge in [0.25, 0.3) is 0 Å². The largest absolute Gasteiger partial charge is 0.383 e. The highest BCUT2D eigenvalue weighted by atomic mass is 32.2. The number of benzene rings is 1. The first-order valence-corrected chi connectivity index (χ1v) is 8.16. The smallest absolute Gasteiger partial charge is 0.0669 e.